The van der Waals surface area contributed by atoms with Crippen molar-refractivity contribution >= 4 is 23.5 Å². The monoisotopic (exact) mass is 148 g/mol. The zero-order chi connectivity index (χ0) is 5.98. The maximum Gasteiger partial charge on any atom is 0.0842 e. The molecule has 0 fully saturated rings. The molecule has 1 aliphatic heterocycles. The molecule has 1 aliphatic rings. The van der Waals surface area contributed by atoms with Gasteiger partial charge in [-0.15, -0.1) is 11.8 Å². The van der Waals surface area contributed by atoms with Gasteiger partial charge in [-0.25, -0.2) is 5.84 Å². The van der Waals surface area contributed by atoms with Crippen molar-refractivity contribution in [3.8, 4) is 0 Å². The molecule has 0 atom stereocenters. The van der Waals surface area contributed by atoms with Crippen LogP contribution in [0.3, 0.4) is 0 Å². The quantitative estimate of drug-likeness (QED) is 0.562. The van der Waals surface area contributed by atoms with Crippen LogP contribution in [0, 0.1) is 0 Å². The summed E-state index contributed by atoms with van der Waals surface area (Å²) in [6, 6.07) is 0. The Bertz CT molecular complexity index is 113. The summed E-state index contributed by atoms with van der Waals surface area (Å²) in [4.78, 5) is 0. The van der Waals surface area contributed by atoms with Crippen molar-refractivity contribution in [2.75, 3.05) is 12.1 Å². The molecule has 0 aliphatic carbocycles. The van der Waals surface area contributed by atoms with Crippen LogP contribution in [-0.4, -0.2) is 17.1 Å². The highest BCUT2D eigenvalue weighted by Crippen LogP contribution is 2.30. The van der Waals surface area contributed by atoms with Crippen LogP contribution in [0.1, 0.15) is 0 Å². The summed E-state index contributed by atoms with van der Waals surface area (Å²) in [6.07, 6.45) is 4.01. The Morgan fingerprint density at radius 2 is 2.75 bits per heavy atom. The number of rotatable bonds is 1. The molecule has 0 bridgehead atoms. The van der Waals surface area contributed by atoms with Gasteiger partial charge in [0.15, 0.2) is 0 Å². The molecule has 0 aromatic heterocycles. The molecule has 8 heavy (non-hydrogen) atoms. The molecule has 0 saturated carbocycles. The maximum atomic E-state index is 5.42. The SMILES string of the molecule is CSC1=CN(N)CS1. The van der Waals surface area contributed by atoms with Gasteiger partial charge >= 0.3 is 0 Å². The summed E-state index contributed by atoms with van der Waals surface area (Å²) >= 11 is 3.51. The third-order valence-electron chi connectivity index (χ3n) is 0.828. The summed E-state index contributed by atoms with van der Waals surface area (Å²) in [5.41, 5.74) is 0. The standard InChI is InChI=1S/C4H8N2S2/c1-7-4-2-6(5)3-8-4/h2H,3,5H2,1H3. The predicted octanol–water partition coefficient (Wildman–Crippen LogP) is 1.03. The lowest BCUT2D eigenvalue weighted by atomic mass is 11.0. The smallest absolute Gasteiger partial charge is 0.0842 e. The summed E-state index contributed by atoms with van der Waals surface area (Å²) < 4.78 is 1.30. The van der Waals surface area contributed by atoms with Crippen LogP contribution >= 0.6 is 23.5 Å². The number of nitrogens with zero attached hydrogens (tertiary/aromatic N) is 1. The van der Waals surface area contributed by atoms with Crippen LogP contribution in [0.2, 0.25) is 0 Å². The Morgan fingerprint density at radius 3 is 3.00 bits per heavy atom. The van der Waals surface area contributed by atoms with Gasteiger partial charge in [-0.1, -0.05) is 11.8 Å². The summed E-state index contributed by atoms with van der Waals surface area (Å²) in [5.74, 6) is 6.32. The van der Waals surface area contributed by atoms with E-state index < -0.39 is 0 Å². The van der Waals surface area contributed by atoms with Crippen LogP contribution in [0.5, 0.6) is 0 Å². The summed E-state index contributed by atoms with van der Waals surface area (Å²) in [7, 11) is 0. The Balaban J connectivity index is 2.44. The van der Waals surface area contributed by atoms with Crippen molar-refractivity contribution in [3.05, 3.63) is 10.4 Å². The molecule has 0 aromatic carbocycles. The third-order valence-corrected chi connectivity index (χ3v) is 3.01. The Hall–Kier alpha value is 0.200. The number of thioether (sulfide) groups is 2. The molecule has 2 nitrogen and oxygen atoms in total. The highest BCUT2D eigenvalue weighted by molar-refractivity contribution is 8.22. The highest BCUT2D eigenvalue weighted by Gasteiger charge is 2.06. The van der Waals surface area contributed by atoms with E-state index in [2.05, 4.69) is 6.26 Å². The molecule has 0 aromatic rings. The molecule has 0 saturated heterocycles. The number of hydrogen-bond acceptors (Lipinski definition) is 4. The Kier molecular flexibility index (Phi) is 2.10. The van der Waals surface area contributed by atoms with Gasteiger partial charge in [0, 0.05) is 6.20 Å². The molecule has 1 rings (SSSR count). The molecule has 0 spiro atoms. The molecule has 46 valence electrons. The zero-order valence-corrected chi connectivity index (χ0v) is 6.26. The van der Waals surface area contributed by atoms with Gasteiger partial charge in [0.05, 0.1) is 10.1 Å². The first-order chi connectivity index (χ1) is 3.83. The summed E-state index contributed by atoms with van der Waals surface area (Å²) in [6.45, 7) is 0. The van der Waals surface area contributed by atoms with E-state index in [0.717, 1.165) is 5.88 Å². The van der Waals surface area contributed by atoms with Gasteiger partial charge in [-0.05, 0) is 6.26 Å². The van der Waals surface area contributed by atoms with E-state index in [1.165, 1.54) is 4.24 Å². The van der Waals surface area contributed by atoms with E-state index in [1.54, 1.807) is 28.5 Å². The number of hydrogen-bond donors (Lipinski definition) is 1. The molecule has 0 amide bonds. The second-order valence-electron chi connectivity index (χ2n) is 1.44. The first-order valence-electron chi connectivity index (χ1n) is 2.23. The molecule has 0 unspecified atom stereocenters. The van der Waals surface area contributed by atoms with Crippen molar-refractivity contribution in [3.63, 3.8) is 0 Å². The Morgan fingerprint density at radius 1 is 2.00 bits per heavy atom. The lowest BCUT2D eigenvalue weighted by molar-refractivity contribution is 0.474. The Labute approximate surface area is 57.5 Å². The predicted molar refractivity (Wildman–Crippen MR) is 40.1 cm³/mol. The first kappa shape index (κ1) is 6.32. The van der Waals surface area contributed by atoms with Crippen LogP contribution in [0.15, 0.2) is 10.4 Å². The average molecular weight is 148 g/mol. The average Bonchev–Trinajstić information content (AvgIpc) is 2.14. The van der Waals surface area contributed by atoms with Gasteiger partial charge in [-0.3, -0.25) is 0 Å². The fourth-order valence-electron chi connectivity index (χ4n) is 0.460. The molecule has 2 N–H and O–H groups in total. The fourth-order valence-corrected chi connectivity index (χ4v) is 1.89. The van der Waals surface area contributed by atoms with E-state index in [9.17, 15) is 0 Å². The number of nitrogens with two attached hydrogens (primary N) is 1. The minimum Gasteiger partial charge on any atom is -0.306 e. The van der Waals surface area contributed by atoms with E-state index in [-0.39, 0.29) is 0 Å². The van der Waals surface area contributed by atoms with Gasteiger partial charge in [-0.2, -0.15) is 0 Å². The molecule has 0 radical (unpaired) electrons. The van der Waals surface area contributed by atoms with E-state index in [0.29, 0.717) is 0 Å². The largest absolute Gasteiger partial charge is 0.306 e. The van der Waals surface area contributed by atoms with Crippen molar-refractivity contribution in [1.82, 2.24) is 5.01 Å². The van der Waals surface area contributed by atoms with E-state index in [4.69, 9.17) is 5.84 Å². The summed E-state index contributed by atoms with van der Waals surface area (Å²) in [5, 5.41) is 1.69. The second kappa shape index (κ2) is 2.66. The lowest BCUT2D eigenvalue weighted by Crippen LogP contribution is -2.20. The van der Waals surface area contributed by atoms with Crippen LogP contribution < -0.4 is 5.84 Å². The minimum atomic E-state index is 0.899. The fraction of sp³-hybridized carbons (Fsp3) is 0.500. The van der Waals surface area contributed by atoms with Crippen molar-refractivity contribution in [2.45, 2.75) is 0 Å². The maximum absolute atomic E-state index is 5.42. The van der Waals surface area contributed by atoms with Crippen molar-refractivity contribution in [2.24, 2.45) is 5.84 Å². The minimum absolute atomic E-state index is 0.899. The first-order valence-corrected chi connectivity index (χ1v) is 4.44. The van der Waals surface area contributed by atoms with E-state index in [1.807, 2.05) is 6.20 Å². The highest BCUT2D eigenvalue weighted by atomic mass is 32.2. The number of hydrazine groups is 1. The molecule has 1 heterocycles. The molecular formula is C4H8N2S2. The van der Waals surface area contributed by atoms with Gasteiger partial charge in [0.25, 0.3) is 0 Å². The third kappa shape index (κ3) is 1.34. The van der Waals surface area contributed by atoms with Crippen molar-refractivity contribution in [1.29, 1.82) is 0 Å². The zero-order valence-electron chi connectivity index (χ0n) is 4.63. The molecular weight excluding hydrogens is 140 g/mol. The topological polar surface area (TPSA) is 29.3 Å². The van der Waals surface area contributed by atoms with Gasteiger partial charge < -0.3 is 5.01 Å². The van der Waals surface area contributed by atoms with Crippen molar-refractivity contribution < 1.29 is 0 Å². The van der Waals surface area contributed by atoms with Gasteiger partial charge in [0.1, 0.15) is 0 Å². The van der Waals surface area contributed by atoms with Crippen LogP contribution in [-0.2, 0) is 0 Å². The lowest BCUT2D eigenvalue weighted by Gasteiger charge is -2.00. The van der Waals surface area contributed by atoms with Crippen LogP contribution in [0.25, 0.3) is 0 Å². The normalized spacial score (nSPS) is 19.2. The van der Waals surface area contributed by atoms with Crippen LogP contribution in [0.4, 0.5) is 0 Å². The second-order valence-corrected chi connectivity index (χ2v) is 3.53. The molecule has 4 heteroatoms. The van der Waals surface area contributed by atoms with Gasteiger partial charge in [0.2, 0.25) is 0 Å². The van der Waals surface area contributed by atoms with E-state index >= 15 is 0 Å².